The van der Waals surface area contributed by atoms with Gasteiger partial charge in [0, 0.05) is 13.1 Å². The molecule has 1 aliphatic heterocycles. The Morgan fingerprint density at radius 3 is 3.10 bits per heavy atom. The van der Waals surface area contributed by atoms with Crippen LogP contribution in [0.2, 0.25) is 0 Å². The lowest BCUT2D eigenvalue weighted by atomic mass is 9.82. The van der Waals surface area contributed by atoms with Crippen molar-refractivity contribution in [2.24, 2.45) is 11.1 Å². The number of aromatic amines is 1. The summed E-state index contributed by atoms with van der Waals surface area (Å²) < 4.78 is 1.10. The molecule has 20 heavy (non-hydrogen) atoms. The van der Waals surface area contributed by atoms with Crippen molar-refractivity contribution in [3.8, 4) is 10.7 Å². The van der Waals surface area contributed by atoms with Crippen LogP contribution in [-0.2, 0) is 0 Å². The summed E-state index contributed by atoms with van der Waals surface area (Å²) in [5.41, 5.74) is 6.07. The summed E-state index contributed by atoms with van der Waals surface area (Å²) in [6.07, 6.45) is 2.32. The van der Waals surface area contributed by atoms with Gasteiger partial charge in [-0.3, -0.25) is 5.10 Å². The van der Waals surface area contributed by atoms with Crippen LogP contribution in [0.25, 0.3) is 10.7 Å². The molecule has 3 rings (SSSR count). The van der Waals surface area contributed by atoms with Gasteiger partial charge in [0.05, 0.1) is 8.66 Å². The standard InChI is InChI=1S/C13H18BrN5S/c1-13(7-15)5-2-6-19(8-13)12-16-11(17-18-12)9-3-4-10(14)20-9/h3-4H,2,5-8,15H2,1H3,(H,16,17,18). The van der Waals surface area contributed by atoms with Crippen molar-refractivity contribution >= 4 is 33.2 Å². The molecule has 7 heteroatoms. The first kappa shape index (κ1) is 14.0. The van der Waals surface area contributed by atoms with Crippen LogP contribution >= 0.6 is 27.3 Å². The lowest BCUT2D eigenvalue weighted by molar-refractivity contribution is 0.270. The second-order valence-corrected chi connectivity index (χ2v) is 8.09. The maximum Gasteiger partial charge on any atom is 0.245 e. The summed E-state index contributed by atoms with van der Waals surface area (Å²) >= 11 is 5.12. The molecule has 1 aliphatic rings. The first-order valence-electron chi connectivity index (χ1n) is 6.73. The molecule has 108 valence electrons. The van der Waals surface area contributed by atoms with Crippen LogP contribution in [0.4, 0.5) is 5.95 Å². The highest BCUT2D eigenvalue weighted by Gasteiger charge is 2.31. The van der Waals surface area contributed by atoms with Crippen LogP contribution in [0, 0.1) is 5.41 Å². The number of nitrogens with zero attached hydrogens (tertiary/aromatic N) is 3. The molecule has 1 fully saturated rings. The molecule has 1 unspecified atom stereocenters. The second-order valence-electron chi connectivity index (χ2n) is 5.63. The van der Waals surface area contributed by atoms with E-state index in [-0.39, 0.29) is 5.41 Å². The second kappa shape index (κ2) is 5.46. The fourth-order valence-corrected chi connectivity index (χ4v) is 3.92. The predicted molar refractivity (Wildman–Crippen MR) is 86.0 cm³/mol. The van der Waals surface area contributed by atoms with Crippen LogP contribution in [0.5, 0.6) is 0 Å². The van der Waals surface area contributed by atoms with Crippen LogP contribution in [0.15, 0.2) is 15.9 Å². The lowest BCUT2D eigenvalue weighted by Gasteiger charge is -2.39. The zero-order valence-corrected chi connectivity index (χ0v) is 13.8. The maximum absolute atomic E-state index is 5.90. The van der Waals surface area contributed by atoms with E-state index in [1.54, 1.807) is 11.3 Å². The fraction of sp³-hybridized carbons (Fsp3) is 0.538. The van der Waals surface area contributed by atoms with Gasteiger partial charge in [-0.2, -0.15) is 4.98 Å². The Hall–Kier alpha value is -0.920. The number of halogens is 1. The summed E-state index contributed by atoms with van der Waals surface area (Å²) in [6.45, 7) is 4.87. The van der Waals surface area contributed by atoms with Crippen molar-refractivity contribution in [2.75, 3.05) is 24.5 Å². The Bertz CT molecular complexity index is 595. The molecule has 3 N–H and O–H groups in total. The molecule has 3 heterocycles. The van der Waals surface area contributed by atoms with Gasteiger partial charge < -0.3 is 10.6 Å². The highest BCUT2D eigenvalue weighted by molar-refractivity contribution is 9.11. The third-order valence-corrected chi connectivity index (χ3v) is 5.47. The summed E-state index contributed by atoms with van der Waals surface area (Å²) in [6, 6.07) is 4.06. The van der Waals surface area contributed by atoms with Gasteiger partial charge in [-0.15, -0.1) is 16.4 Å². The molecule has 2 aromatic rings. The summed E-state index contributed by atoms with van der Waals surface area (Å²) in [5, 5.41) is 7.40. The molecule has 2 aromatic heterocycles. The first-order valence-corrected chi connectivity index (χ1v) is 8.34. The molecule has 0 aromatic carbocycles. The summed E-state index contributed by atoms with van der Waals surface area (Å²) in [4.78, 5) is 7.95. The average Bonchev–Trinajstić information content (AvgIpc) is 3.07. The van der Waals surface area contributed by atoms with Crippen LogP contribution in [0.1, 0.15) is 19.8 Å². The SMILES string of the molecule is CC1(CN)CCCN(c2n[nH]c(-c3ccc(Br)s3)n2)C1. The predicted octanol–water partition coefficient (Wildman–Crippen LogP) is 2.86. The largest absolute Gasteiger partial charge is 0.339 e. The summed E-state index contributed by atoms with van der Waals surface area (Å²) in [7, 11) is 0. The van der Waals surface area contributed by atoms with E-state index in [1.165, 1.54) is 6.42 Å². The molecular weight excluding hydrogens is 338 g/mol. The third kappa shape index (κ3) is 2.75. The monoisotopic (exact) mass is 355 g/mol. The van der Waals surface area contributed by atoms with Crippen LogP contribution in [-0.4, -0.2) is 34.8 Å². The van der Waals surface area contributed by atoms with E-state index >= 15 is 0 Å². The molecule has 0 aliphatic carbocycles. The van der Waals surface area contributed by atoms with Gasteiger partial charge in [-0.05, 0) is 52.9 Å². The Labute approximate surface area is 130 Å². The number of nitrogens with two attached hydrogens (primary N) is 1. The van der Waals surface area contributed by atoms with Crippen LogP contribution in [0.3, 0.4) is 0 Å². The van der Waals surface area contributed by atoms with Crippen molar-refractivity contribution in [3.63, 3.8) is 0 Å². The Morgan fingerprint density at radius 1 is 1.55 bits per heavy atom. The van der Waals surface area contributed by atoms with E-state index in [9.17, 15) is 0 Å². The molecule has 1 saturated heterocycles. The minimum absolute atomic E-state index is 0.172. The van der Waals surface area contributed by atoms with Crippen LogP contribution < -0.4 is 10.6 Å². The number of H-pyrrole nitrogens is 1. The molecule has 1 atom stereocenters. The number of nitrogens with one attached hydrogen (secondary N) is 1. The quantitative estimate of drug-likeness (QED) is 0.887. The van der Waals surface area contributed by atoms with Crippen molar-refractivity contribution < 1.29 is 0 Å². The van der Waals surface area contributed by atoms with Gasteiger partial charge in [0.2, 0.25) is 5.95 Å². The van der Waals surface area contributed by atoms with Crippen molar-refractivity contribution in [1.82, 2.24) is 15.2 Å². The normalized spacial score (nSPS) is 23.2. The zero-order chi connectivity index (χ0) is 14.2. The van der Waals surface area contributed by atoms with Crippen molar-refractivity contribution in [1.29, 1.82) is 0 Å². The van der Waals surface area contributed by atoms with E-state index < -0.39 is 0 Å². The Balaban J connectivity index is 1.80. The molecule has 0 spiro atoms. The topological polar surface area (TPSA) is 70.8 Å². The Morgan fingerprint density at radius 2 is 2.40 bits per heavy atom. The van der Waals surface area contributed by atoms with Gasteiger partial charge in [0.1, 0.15) is 0 Å². The fourth-order valence-electron chi connectivity index (χ4n) is 2.60. The van der Waals surface area contributed by atoms with Gasteiger partial charge >= 0.3 is 0 Å². The van der Waals surface area contributed by atoms with Gasteiger partial charge in [0.15, 0.2) is 5.82 Å². The van der Waals surface area contributed by atoms with Gasteiger partial charge in [-0.25, -0.2) is 0 Å². The van der Waals surface area contributed by atoms with E-state index in [1.807, 2.05) is 12.1 Å². The van der Waals surface area contributed by atoms with Gasteiger partial charge in [0.25, 0.3) is 0 Å². The van der Waals surface area contributed by atoms with Crippen molar-refractivity contribution in [2.45, 2.75) is 19.8 Å². The number of hydrogen-bond donors (Lipinski definition) is 2. The highest BCUT2D eigenvalue weighted by Crippen LogP contribution is 2.32. The van der Waals surface area contributed by atoms with Gasteiger partial charge in [-0.1, -0.05) is 6.92 Å². The number of hydrogen-bond acceptors (Lipinski definition) is 5. The number of thiophene rings is 1. The lowest BCUT2D eigenvalue weighted by Crippen LogP contribution is -2.46. The highest BCUT2D eigenvalue weighted by atomic mass is 79.9. The van der Waals surface area contributed by atoms with E-state index in [0.29, 0.717) is 6.54 Å². The number of anilines is 1. The van der Waals surface area contributed by atoms with E-state index in [0.717, 1.165) is 39.9 Å². The maximum atomic E-state index is 5.90. The third-order valence-electron chi connectivity index (χ3n) is 3.84. The minimum atomic E-state index is 0.172. The minimum Gasteiger partial charge on any atom is -0.339 e. The average molecular weight is 356 g/mol. The molecule has 0 radical (unpaired) electrons. The molecule has 0 amide bonds. The smallest absolute Gasteiger partial charge is 0.245 e. The summed E-state index contributed by atoms with van der Waals surface area (Å²) in [5.74, 6) is 1.61. The zero-order valence-electron chi connectivity index (χ0n) is 11.4. The molecule has 0 bridgehead atoms. The van der Waals surface area contributed by atoms with Crippen molar-refractivity contribution in [3.05, 3.63) is 15.9 Å². The molecule has 5 nitrogen and oxygen atoms in total. The number of piperidine rings is 1. The molecule has 0 saturated carbocycles. The number of aromatic nitrogens is 3. The van der Waals surface area contributed by atoms with E-state index in [2.05, 4.69) is 42.9 Å². The Kier molecular flexibility index (Phi) is 3.83. The van der Waals surface area contributed by atoms with E-state index in [4.69, 9.17) is 5.73 Å². The molecular formula is C13H18BrN5S. The first-order chi connectivity index (χ1) is 9.59. The number of rotatable bonds is 3.